The maximum atomic E-state index is 12.4. The van der Waals surface area contributed by atoms with Crippen LogP contribution in [0, 0.1) is 0 Å². The molecule has 1 aromatic carbocycles. The van der Waals surface area contributed by atoms with E-state index in [9.17, 15) is 18.0 Å². The van der Waals surface area contributed by atoms with Crippen molar-refractivity contribution in [3.63, 3.8) is 0 Å². The zero-order valence-electron chi connectivity index (χ0n) is 14.2. The van der Waals surface area contributed by atoms with E-state index in [0.717, 1.165) is 6.42 Å². The summed E-state index contributed by atoms with van der Waals surface area (Å²) in [6.45, 7) is 0.140. The van der Waals surface area contributed by atoms with E-state index < -0.39 is 28.5 Å². The topological polar surface area (TPSA) is 114 Å². The predicted molar refractivity (Wildman–Crippen MR) is 102 cm³/mol. The first kappa shape index (κ1) is 19.1. The van der Waals surface area contributed by atoms with Crippen molar-refractivity contribution in [2.45, 2.75) is 17.7 Å². The van der Waals surface area contributed by atoms with Crippen LogP contribution in [-0.2, 0) is 19.6 Å². The highest BCUT2D eigenvalue weighted by Crippen LogP contribution is 2.16. The number of ether oxygens (including phenoxy) is 1. The number of nitrogens with one attached hydrogen (secondary N) is 2. The van der Waals surface area contributed by atoms with Crippen molar-refractivity contribution in [3.8, 4) is 0 Å². The second-order valence-electron chi connectivity index (χ2n) is 5.67. The molecule has 2 heterocycles. The van der Waals surface area contributed by atoms with Crippen LogP contribution < -0.4 is 10.0 Å². The number of amides is 1. The molecule has 0 unspecified atom stereocenters. The highest BCUT2D eigenvalue weighted by atomic mass is 32.2. The third-order valence-electron chi connectivity index (χ3n) is 3.61. The first-order valence-electron chi connectivity index (χ1n) is 8.11. The second kappa shape index (κ2) is 8.31. The molecule has 1 aliphatic rings. The fraction of sp³-hybridized carbons (Fsp3) is 0.235. The van der Waals surface area contributed by atoms with Gasteiger partial charge in [0.1, 0.15) is 10.7 Å². The molecule has 10 heteroatoms. The lowest BCUT2D eigenvalue weighted by Crippen LogP contribution is -2.29. The van der Waals surface area contributed by atoms with Gasteiger partial charge in [0, 0.05) is 18.7 Å². The number of amidine groups is 1. The Kier molecular flexibility index (Phi) is 5.87. The first-order valence-corrected chi connectivity index (χ1v) is 10.5. The average molecular weight is 407 g/mol. The van der Waals surface area contributed by atoms with Gasteiger partial charge in [0.25, 0.3) is 15.9 Å². The Hall–Kier alpha value is -2.72. The Balaban J connectivity index is 1.59. The fourth-order valence-corrected chi connectivity index (χ4v) is 4.12. The molecule has 0 aliphatic carbocycles. The van der Waals surface area contributed by atoms with Crippen LogP contribution in [0.2, 0.25) is 0 Å². The van der Waals surface area contributed by atoms with E-state index in [1.807, 2.05) is 0 Å². The Morgan fingerprint density at radius 3 is 2.78 bits per heavy atom. The largest absolute Gasteiger partial charge is 0.451 e. The van der Waals surface area contributed by atoms with Crippen molar-refractivity contribution in [2.24, 2.45) is 4.99 Å². The lowest BCUT2D eigenvalue weighted by Gasteiger charge is -2.10. The van der Waals surface area contributed by atoms with Crippen LogP contribution in [0.25, 0.3) is 0 Å². The summed E-state index contributed by atoms with van der Waals surface area (Å²) in [6.07, 6.45) is 1.41. The van der Waals surface area contributed by atoms with Crippen molar-refractivity contribution in [3.05, 3.63) is 46.7 Å². The normalized spacial score (nSPS) is 13.7. The number of carbonyl (C=O) groups excluding carboxylic acids is 2. The van der Waals surface area contributed by atoms with Crippen molar-refractivity contribution < 1.29 is 22.7 Å². The Labute approximate surface area is 160 Å². The standard InChI is InChI=1S/C17H17N3O5S2/c21-16(11-25-17(22)14-6-3-9-26-14)19-12-4-1-5-13(10-12)27(23,24)20-15-7-2-8-18-15/h1,3-6,9-10H,2,7-8,11H2,(H,18,20)(H,19,21). The van der Waals surface area contributed by atoms with Crippen LogP contribution in [0.15, 0.2) is 51.7 Å². The summed E-state index contributed by atoms with van der Waals surface area (Å²) in [4.78, 5) is 28.2. The SMILES string of the molecule is O=C(COC(=O)c1cccs1)Nc1cccc(S(=O)(=O)NC2=NCCC2)c1. The third kappa shape index (κ3) is 5.14. The number of aliphatic imine (C=N–C) groups is 1. The molecule has 1 amide bonds. The van der Waals surface area contributed by atoms with Gasteiger partial charge < -0.3 is 10.1 Å². The van der Waals surface area contributed by atoms with E-state index in [4.69, 9.17) is 4.74 Å². The molecule has 0 spiro atoms. The predicted octanol–water partition coefficient (Wildman–Crippen LogP) is 2.01. The number of hydrogen-bond donors (Lipinski definition) is 2. The van der Waals surface area contributed by atoms with Gasteiger partial charge in [0.05, 0.1) is 4.90 Å². The van der Waals surface area contributed by atoms with Crippen molar-refractivity contribution in [2.75, 3.05) is 18.5 Å². The van der Waals surface area contributed by atoms with Crippen LogP contribution in [0.3, 0.4) is 0 Å². The number of anilines is 1. The van der Waals surface area contributed by atoms with Gasteiger partial charge in [-0.05, 0) is 36.1 Å². The molecule has 2 N–H and O–H groups in total. The summed E-state index contributed by atoms with van der Waals surface area (Å²) in [6, 6.07) is 9.11. The number of thiophene rings is 1. The molecule has 0 saturated carbocycles. The fourth-order valence-electron chi connectivity index (χ4n) is 2.37. The summed E-state index contributed by atoms with van der Waals surface area (Å²) >= 11 is 1.21. The minimum absolute atomic E-state index is 0.00507. The van der Waals surface area contributed by atoms with Crippen LogP contribution >= 0.6 is 11.3 Å². The summed E-state index contributed by atoms with van der Waals surface area (Å²) < 4.78 is 32.2. The zero-order valence-corrected chi connectivity index (χ0v) is 15.8. The van der Waals surface area contributed by atoms with E-state index in [1.165, 1.54) is 29.5 Å². The molecule has 0 saturated heterocycles. The summed E-state index contributed by atoms with van der Waals surface area (Å²) in [7, 11) is -3.77. The molecular formula is C17H17N3O5S2. The van der Waals surface area contributed by atoms with E-state index in [2.05, 4.69) is 15.0 Å². The first-order chi connectivity index (χ1) is 12.9. The molecule has 0 atom stereocenters. The lowest BCUT2D eigenvalue weighted by molar-refractivity contribution is -0.119. The maximum absolute atomic E-state index is 12.4. The molecule has 2 aromatic rings. The minimum atomic E-state index is -3.77. The molecule has 1 aromatic heterocycles. The molecule has 27 heavy (non-hydrogen) atoms. The molecule has 0 radical (unpaired) electrons. The highest BCUT2D eigenvalue weighted by Gasteiger charge is 2.19. The van der Waals surface area contributed by atoms with Crippen molar-refractivity contribution in [1.82, 2.24) is 4.72 Å². The van der Waals surface area contributed by atoms with E-state index in [0.29, 0.717) is 23.7 Å². The molecular weight excluding hydrogens is 390 g/mol. The summed E-state index contributed by atoms with van der Waals surface area (Å²) in [5.74, 6) is -0.717. The van der Waals surface area contributed by atoms with E-state index >= 15 is 0 Å². The van der Waals surface area contributed by atoms with Crippen LogP contribution in [0.5, 0.6) is 0 Å². The minimum Gasteiger partial charge on any atom is -0.451 e. The number of sulfonamides is 1. The van der Waals surface area contributed by atoms with Gasteiger partial charge in [-0.25, -0.2) is 13.2 Å². The Morgan fingerprint density at radius 1 is 1.22 bits per heavy atom. The number of rotatable bonds is 6. The van der Waals surface area contributed by atoms with Gasteiger partial charge in [-0.15, -0.1) is 11.3 Å². The van der Waals surface area contributed by atoms with Gasteiger partial charge in [-0.1, -0.05) is 12.1 Å². The van der Waals surface area contributed by atoms with Crippen molar-refractivity contribution in [1.29, 1.82) is 0 Å². The van der Waals surface area contributed by atoms with Gasteiger partial charge in [0.15, 0.2) is 6.61 Å². The van der Waals surface area contributed by atoms with Crippen LogP contribution in [0.1, 0.15) is 22.5 Å². The second-order valence-corrected chi connectivity index (χ2v) is 8.30. The van der Waals surface area contributed by atoms with Crippen molar-refractivity contribution >= 4 is 44.8 Å². The summed E-state index contributed by atoms with van der Waals surface area (Å²) in [5.41, 5.74) is 0.281. The van der Waals surface area contributed by atoms with Crippen LogP contribution in [-0.4, -0.2) is 39.3 Å². The Bertz CT molecular complexity index is 968. The maximum Gasteiger partial charge on any atom is 0.348 e. The third-order valence-corrected chi connectivity index (χ3v) is 5.84. The number of hydrogen-bond acceptors (Lipinski definition) is 7. The number of esters is 1. The highest BCUT2D eigenvalue weighted by molar-refractivity contribution is 7.90. The average Bonchev–Trinajstić information content (AvgIpc) is 3.33. The quantitative estimate of drug-likeness (QED) is 0.711. The van der Waals surface area contributed by atoms with E-state index in [1.54, 1.807) is 23.6 Å². The monoisotopic (exact) mass is 407 g/mol. The van der Waals surface area contributed by atoms with Gasteiger partial charge >= 0.3 is 5.97 Å². The lowest BCUT2D eigenvalue weighted by atomic mass is 10.3. The zero-order chi connectivity index (χ0) is 19.3. The number of carbonyl (C=O) groups is 2. The molecule has 142 valence electrons. The number of nitrogens with zero attached hydrogens (tertiary/aromatic N) is 1. The van der Waals surface area contributed by atoms with Gasteiger partial charge in [0.2, 0.25) is 0 Å². The Morgan fingerprint density at radius 2 is 2.07 bits per heavy atom. The van der Waals surface area contributed by atoms with Gasteiger partial charge in [-0.2, -0.15) is 0 Å². The molecule has 3 rings (SSSR count). The van der Waals surface area contributed by atoms with Gasteiger partial charge in [-0.3, -0.25) is 14.5 Å². The molecule has 1 aliphatic heterocycles. The summed E-state index contributed by atoms with van der Waals surface area (Å²) in [5, 5.41) is 4.24. The van der Waals surface area contributed by atoms with Crippen LogP contribution in [0.4, 0.5) is 5.69 Å². The smallest absolute Gasteiger partial charge is 0.348 e. The molecule has 0 bridgehead atoms. The molecule has 8 nitrogen and oxygen atoms in total. The number of benzene rings is 1. The van der Waals surface area contributed by atoms with E-state index in [-0.39, 0.29) is 10.6 Å². The molecule has 0 fully saturated rings.